The quantitative estimate of drug-likeness (QED) is 0.738. The first kappa shape index (κ1) is 17.4. The standard InChI is InChI=1S/C15H23N5O2S/c1-4-6-8-16-12(21)10-19(3)15-18-20-13(22)9-11(7-5-2)17-14(20)23-15/h9H,4-8,10H2,1-3H3,(H,16,21). The fourth-order valence-electron chi connectivity index (χ4n) is 2.13. The lowest BCUT2D eigenvalue weighted by atomic mass is 10.2. The lowest BCUT2D eigenvalue weighted by Gasteiger charge is -2.14. The Morgan fingerprint density at radius 1 is 1.39 bits per heavy atom. The number of fused-ring (bicyclic) bond motifs is 1. The second-order valence-corrected chi connectivity index (χ2v) is 6.41. The van der Waals surface area contributed by atoms with Gasteiger partial charge in [-0.25, -0.2) is 4.98 Å². The third-order valence-electron chi connectivity index (χ3n) is 3.35. The lowest BCUT2D eigenvalue weighted by molar-refractivity contribution is -0.119. The van der Waals surface area contributed by atoms with Gasteiger partial charge in [-0.2, -0.15) is 4.52 Å². The van der Waals surface area contributed by atoms with Gasteiger partial charge in [0.1, 0.15) is 0 Å². The normalized spacial score (nSPS) is 10.9. The molecule has 1 N–H and O–H groups in total. The number of anilines is 1. The maximum atomic E-state index is 12.1. The number of nitrogens with zero attached hydrogens (tertiary/aromatic N) is 4. The van der Waals surface area contributed by atoms with Gasteiger partial charge in [-0.15, -0.1) is 5.10 Å². The van der Waals surface area contributed by atoms with Gasteiger partial charge in [-0.3, -0.25) is 9.59 Å². The van der Waals surface area contributed by atoms with Crippen molar-refractivity contribution in [1.29, 1.82) is 0 Å². The van der Waals surface area contributed by atoms with Crippen molar-refractivity contribution in [2.75, 3.05) is 25.0 Å². The molecule has 2 aromatic heterocycles. The summed E-state index contributed by atoms with van der Waals surface area (Å²) in [5, 5.41) is 7.74. The van der Waals surface area contributed by atoms with Gasteiger partial charge in [0.25, 0.3) is 5.56 Å². The predicted octanol–water partition coefficient (Wildman–Crippen LogP) is 1.46. The first-order valence-electron chi connectivity index (χ1n) is 7.92. The van der Waals surface area contributed by atoms with E-state index in [-0.39, 0.29) is 18.0 Å². The van der Waals surface area contributed by atoms with Crippen molar-refractivity contribution in [3.63, 3.8) is 0 Å². The minimum atomic E-state index is -0.179. The van der Waals surface area contributed by atoms with Gasteiger partial charge in [0.05, 0.1) is 6.54 Å². The lowest BCUT2D eigenvalue weighted by Crippen LogP contribution is -2.35. The summed E-state index contributed by atoms with van der Waals surface area (Å²) >= 11 is 1.32. The van der Waals surface area contributed by atoms with Crippen LogP contribution in [0.4, 0.5) is 5.13 Å². The average molecular weight is 337 g/mol. The van der Waals surface area contributed by atoms with Crippen LogP contribution in [0.1, 0.15) is 38.8 Å². The Bertz CT molecular complexity index is 724. The Balaban J connectivity index is 2.12. The number of aryl methyl sites for hydroxylation is 1. The summed E-state index contributed by atoms with van der Waals surface area (Å²) in [7, 11) is 1.79. The van der Waals surface area contributed by atoms with E-state index >= 15 is 0 Å². The Labute approximate surface area is 139 Å². The van der Waals surface area contributed by atoms with Crippen molar-refractivity contribution in [3.05, 3.63) is 22.1 Å². The highest BCUT2D eigenvalue weighted by Gasteiger charge is 2.14. The van der Waals surface area contributed by atoms with Crippen molar-refractivity contribution in [3.8, 4) is 0 Å². The molecule has 8 heteroatoms. The van der Waals surface area contributed by atoms with Crippen LogP contribution >= 0.6 is 11.3 Å². The zero-order valence-corrected chi connectivity index (χ0v) is 14.7. The fourth-order valence-corrected chi connectivity index (χ4v) is 3.01. The molecule has 23 heavy (non-hydrogen) atoms. The minimum Gasteiger partial charge on any atom is -0.355 e. The van der Waals surface area contributed by atoms with E-state index in [4.69, 9.17) is 0 Å². The van der Waals surface area contributed by atoms with Crippen molar-refractivity contribution in [2.24, 2.45) is 0 Å². The molecule has 0 aromatic carbocycles. The molecule has 0 unspecified atom stereocenters. The molecule has 126 valence electrons. The number of hydrogen-bond acceptors (Lipinski definition) is 6. The summed E-state index contributed by atoms with van der Waals surface area (Å²) < 4.78 is 1.30. The molecule has 0 aliphatic carbocycles. The predicted molar refractivity (Wildman–Crippen MR) is 92.3 cm³/mol. The van der Waals surface area contributed by atoms with Gasteiger partial charge in [0, 0.05) is 25.4 Å². The fraction of sp³-hybridized carbons (Fsp3) is 0.600. The van der Waals surface area contributed by atoms with Crippen LogP contribution in [0.3, 0.4) is 0 Å². The van der Waals surface area contributed by atoms with Crippen LogP contribution in [-0.2, 0) is 11.2 Å². The van der Waals surface area contributed by atoms with Crippen LogP contribution in [0, 0.1) is 0 Å². The van der Waals surface area contributed by atoms with Gasteiger partial charge in [0.15, 0.2) is 0 Å². The topological polar surface area (TPSA) is 79.6 Å². The van der Waals surface area contributed by atoms with E-state index < -0.39 is 0 Å². The van der Waals surface area contributed by atoms with Crippen molar-refractivity contribution < 1.29 is 4.79 Å². The molecule has 7 nitrogen and oxygen atoms in total. The van der Waals surface area contributed by atoms with Crippen LogP contribution in [0.5, 0.6) is 0 Å². The summed E-state index contributed by atoms with van der Waals surface area (Å²) in [4.78, 5) is 30.7. The van der Waals surface area contributed by atoms with Gasteiger partial charge < -0.3 is 10.2 Å². The number of carbonyl (C=O) groups excluding carboxylic acids is 1. The first-order valence-corrected chi connectivity index (χ1v) is 8.74. The molecule has 0 aliphatic heterocycles. The molecule has 0 radical (unpaired) electrons. The number of aromatic nitrogens is 3. The van der Waals surface area contributed by atoms with Crippen LogP contribution < -0.4 is 15.8 Å². The van der Waals surface area contributed by atoms with E-state index in [0.29, 0.717) is 16.6 Å². The van der Waals surface area contributed by atoms with Crippen molar-refractivity contribution in [1.82, 2.24) is 19.9 Å². The highest BCUT2D eigenvalue weighted by molar-refractivity contribution is 7.20. The highest BCUT2D eigenvalue weighted by atomic mass is 32.1. The number of rotatable bonds is 8. The Hall–Kier alpha value is -1.96. The molecule has 0 saturated carbocycles. The van der Waals surface area contributed by atoms with E-state index in [9.17, 15) is 9.59 Å². The van der Waals surface area contributed by atoms with Gasteiger partial charge in [-0.1, -0.05) is 38.0 Å². The van der Waals surface area contributed by atoms with E-state index in [1.54, 1.807) is 11.9 Å². The highest BCUT2D eigenvalue weighted by Crippen LogP contribution is 2.20. The molecule has 0 atom stereocenters. The molecular weight excluding hydrogens is 314 g/mol. The average Bonchev–Trinajstić information content (AvgIpc) is 2.92. The third kappa shape index (κ3) is 4.51. The van der Waals surface area contributed by atoms with E-state index in [2.05, 4.69) is 22.3 Å². The van der Waals surface area contributed by atoms with Gasteiger partial charge >= 0.3 is 0 Å². The molecule has 0 fully saturated rings. The molecule has 1 amide bonds. The molecule has 0 aliphatic rings. The number of carbonyl (C=O) groups is 1. The van der Waals surface area contributed by atoms with Crippen LogP contribution in [-0.4, -0.2) is 40.6 Å². The summed E-state index contributed by atoms with van der Waals surface area (Å²) in [5.41, 5.74) is 0.606. The van der Waals surface area contributed by atoms with Crippen molar-refractivity contribution in [2.45, 2.75) is 39.5 Å². The SMILES string of the molecule is CCCCNC(=O)CN(C)c1nn2c(=O)cc(CCC)nc2s1. The summed E-state index contributed by atoms with van der Waals surface area (Å²) in [6.07, 6.45) is 3.72. The van der Waals surface area contributed by atoms with E-state index in [1.165, 1.54) is 21.9 Å². The molecule has 0 bridgehead atoms. The molecule has 0 spiro atoms. The smallest absolute Gasteiger partial charge is 0.275 e. The number of amides is 1. The largest absolute Gasteiger partial charge is 0.355 e. The number of nitrogens with one attached hydrogen (secondary N) is 1. The molecule has 2 rings (SSSR count). The van der Waals surface area contributed by atoms with Crippen LogP contribution in [0.2, 0.25) is 0 Å². The van der Waals surface area contributed by atoms with Crippen molar-refractivity contribution >= 4 is 27.3 Å². The molecule has 2 aromatic rings. The number of hydrogen-bond donors (Lipinski definition) is 1. The van der Waals surface area contributed by atoms with Crippen LogP contribution in [0.25, 0.3) is 4.96 Å². The van der Waals surface area contributed by atoms with Gasteiger partial charge in [0.2, 0.25) is 16.0 Å². The maximum absolute atomic E-state index is 12.1. The summed E-state index contributed by atoms with van der Waals surface area (Å²) in [6.45, 7) is 5.02. The molecule has 2 heterocycles. The maximum Gasteiger partial charge on any atom is 0.275 e. The second-order valence-electron chi connectivity index (χ2n) is 5.47. The van der Waals surface area contributed by atoms with E-state index in [0.717, 1.165) is 31.4 Å². The monoisotopic (exact) mass is 337 g/mol. The summed E-state index contributed by atoms with van der Waals surface area (Å²) in [6, 6.07) is 1.53. The molecular formula is C15H23N5O2S. The zero-order chi connectivity index (χ0) is 16.8. The number of unbranched alkanes of at least 4 members (excludes halogenated alkanes) is 1. The van der Waals surface area contributed by atoms with E-state index in [1.807, 2.05) is 6.92 Å². The minimum absolute atomic E-state index is 0.0489. The number of likely N-dealkylation sites (N-methyl/N-ethyl adjacent to an activating group) is 1. The van der Waals surface area contributed by atoms with Crippen LogP contribution in [0.15, 0.2) is 10.9 Å². The molecule has 0 saturated heterocycles. The second kappa shape index (κ2) is 8.05. The Morgan fingerprint density at radius 3 is 2.87 bits per heavy atom. The third-order valence-corrected chi connectivity index (χ3v) is 4.38. The Kier molecular flexibility index (Phi) is 6.09. The summed E-state index contributed by atoms with van der Waals surface area (Å²) in [5.74, 6) is -0.0489. The Morgan fingerprint density at radius 2 is 2.17 bits per heavy atom. The van der Waals surface area contributed by atoms with Gasteiger partial charge in [-0.05, 0) is 12.8 Å². The first-order chi connectivity index (χ1) is 11.0. The zero-order valence-electron chi connectivity index (χ0n) is 13.8.